The van der Waals surface area contributed by atoms with Gasteiger partial charge in [0, 0.05) is 17.2 Å². The van der Waals surface area contributed by atoms with Crippen molar-refractivity contribution in [2.45, 2.75) is 53.4 Å². The highest BCUT2D eigenvalue weighted by Gasteiger charge is 2.40. The average molecular weight is 597 g/mol. The lowest BCUT2D eigenvalue weighted by molar-refractivity contribution is 0.171. The third kappa shape index (κ3) is 6.38. The van der Waals surface area contributed by atoms with Crippen molar-refractivity contribution < 1.29 is 26.7 Å². The Morgan fingerprint density at radius 2 is 1.27 bits per heavy atom. The van der Waals surface area contributed by atoms with Gasteiger partial charge in [-0.1, -0.05) is 39.5 Å². The van der Waals surface area contributed by atoms with E-state index in [0.29, 0.717) is 53.9 Å². The van der Waals surface area contributed by atoms with Gasteiger partial charge in [-0.25, -0.2) is 13.8 Å². The van der Waals surface area contributed by atoms with E-state index in [9.17, 15) is 8.78 Å². The molecule has 0 unspecified atom stereocenters. The van der Waals surface area contributed by atoms with Crippen LogP contribution in [-0.4, -0.2) is 17.8 Å². The maximum absolute atomic E-state index is 15.1. The molecule has 0 bridgehead atoms. The topological polar surface area (TPSA) is 46.6 Å². The Balaban J connectivity index is 1.61. The van der Waals surface area contributed by atoms with Crippen molar-refractivity contribution in [1.29, 1.82) is 0 Å². The smallest absolute Gasteiger partial charge is 0.626 e. The predicted octanol–water partition coefficient (Wildman–Crippen LogP) is 8.41. The highest BCUT2D eigenvalue weighted by molar-refractivity contribution is 6.53. The summed E-state index contributed by atoms with van der Waals surface area (Å²) in [6, 6.07) is 11.6. The molecule has 0 fully saturated rings. The first kappa shape index (κ1) is 30.6. The normalized spacial score (nSPS) is 17.1. The van der Waals surface area contributed by atoms with E-state index in [-0.39, 0.29) is 28.8 Å². The summed E-state index contributed by atoms with van der Waals surface area (Å²) in [6.07, 6.45) is 3.69. The number of halogens is 4. The minimum Gasteiger partial charge on any atom is -0.626 e. The van der Waals surface area contributed by atoms with Gasteiger partial charge >= 0.3 is 7.11 Å². The van der Waals surface area contributed by atoms with Crippen molar-refractivity contribution in [1.82, 2.24) is 4.98 Å². The monoisotopic (exact) mass is 597 g/mol. The number of H-pyrrole nitrogens is 1. The predicted molar refractivity (Wildman–Crippen MR) is 165 cm³/mol. The second-order valence-electron chi connectivity index (χ2n) is 10.2. The van der Waals surface area contributed by atoms with Gasteiger partial charge in [0.2, 0.25) is 0 Å². The van der Waals surface area contributed by atoms with Crippen LogP contribution in [0.2, 0.25) is 0 Å². The molecule has 0 atom stereocenters. The Hall–Kier alpha value is -4.89. The Kier molecular flexibility index (Phi) is 8.87. The molecular formula is C35H30BF4N2O2-. The van der Waals surface area contributed by atoms with Gasteiger partial charge in [-0.05, 0) is 108 Å². The Labute approximate surface area is 254 Å². The number of nitrogens with one attached hydrogen (secondary N) is 1. The molecule has 2 aliphatic heterocycles. The largest absolute Gasteiger partial charge is 0.726 e. The van der Waals surface area contributed by atoms with Crippen LogP contribution in [0.5, 0.6) is 0 Å². The summed E-state index contributed by atoms with van der Waals surface area (Å²) in [7, 11) is -4.72. The van der Waals surface area contributed by atoms with E-state index in [2.05, 4.69) is 33.7 Å². The molecule has 0 spiro atoms. The van der Waals surface area contributed by atoms with Crippen LogP contribution >= 0.6 is 0 Å². The molecule has 3 aromatic rings. The number of aromatic amines is 1. The number of aliphatic imine (C=N–C) groups is 1. The van der Waals surface area contributed by atoms with Crippen molar-refractivity contribution in [2.75, 3.05) is 0 Å². The van der Waals surface area contributed by atoms with E-state index < -0.39 is 7.11 Å². The lowest BCUT2D eigenvalue weighted by atomic mass is 9.98. The maximum Gasteiger partial charge on any atom is 0.726 e. The van der Waals surface area contributed by atoms with Crippen LogP contribution in [0.4, 0.5) is 17.4 Å². The highest BCUT2D eigenvalue weighted by Crippen LogP contribution is 2.40. The average Bonchev–Trinajstić information content (AvgIpc) is 3.57. The molecule has 9 heteroatoms. The van der Waals surface area contributed by atoms with Gasteiger partial charge in [-0.15, -0.1) is 0 Å². The first-order chi connectivity index (χ1) is 21.2. The minimum atomic E-state index is -4.72. The van der Waals surface area contributed by atoms with Gasteiger partial charge in [0.25, 0.3) is 0 Å². The Morgan fingerprint density at radius 1 is 0.705 bits per heavy atom. The number of hydrogen-bond acceptors (Lipinski definition) is 3. The zero-order chi connectivity index (χ0) is 31.4. The molecule has 1 N–H and O–H groups in total. The molecule has 0 saturated carbocycles. The highest BCUT2D eigenvalue weighted by atomic mass is 19.3. The molecule has 2 aliphatic rings. The van der Waals surface area contributed by atoms with Gasteiger partial charge in [-0.2, -0.15) is 0 Å². The van der Waals surface area contributed by atoms with Crippen molar-refractivity contribution in [3.8, 4) is 23.7 Å². The summed E-state index contributed by atoms with van der Waals surface area (Å²) in [5.41, 5.74) is 6.23. The first-order valence-corrected chi connectivity index (χ1v) is 14.6. The molecule has 4 nitrogen and oxygen atoms in total. The number of aromatic nitrogens is 1. The van der Waals surface area contributed by atoms with Gasteiger partial charge in [0.05, 0.1) is 11.4 Å². The fraction of sp³-hybridized carbons (Fsp3) is 0.229. The molecule has 0 aliphatic carbocycles. The van der Waals surface area contributed by atoms with Crippen LogP contribution in [0.3, 0.4) is 0 Å². The third-order valence-corrected chi connectivity index (χ3v) is 7.41. The Bertz CT molecular complexity index is 1840. The zero-order valence-corrected chi connectivity index (χ0v) is 24.9. The standard InChI is InChI=1S/C35H30BF4N2O2/c1-5-26-28(7-3)34(41-30(26)19-13-22-9-15-24(37)16-10-22)32-21-33(44-36(39,40)43-32)35-29(8-4)27(6-2)31(42-35)20-14-23-11-17-25(38)18-12-23/h9-12,15-18,21,41H,5-8H2,1-4H3/q-1/b35-33+. The molecule has 224 valence electrons. The van der Waals surface area contributed by atoms with Crippen molar-refractivity contribution in [3.05, 3.63) is 122 Å². The van der Waals surface area contributed by atoms with Gasteiger partial charge in [0.1, 0.15) is 34.6 Å². The van der Waals surface area contributed by atoms with Gasteiger partial charge in [-0.3, -0.25) is 0 Å². The summed E-state index contributed by atoms with van der Waals surface area (Å²) in [4.78, 5) is 7.87. The second-order valence-corrected chi connectivity index (χ2v) is 10.2. The third-order valence-electron chi connectivity index (χ3n) is 7.41. The molecule has 0 radical (unpaired) electrons. The number of nitrogens with zero attached hydrogens (tertiary/aromatic N) is 1. The van der Waals surface area contributed by atoms with Gasteiger partial charge < -0.3 is 22.9 Å². The summed E-state index contributed by atoms with van der Waals surface area (Å²) in [5, 5.41) is 0. The quantitative estimate of drug-likeness (QED) is 0.182. The SMILES string of the molecule is CCC1=C(CC)/C(=C2/C=C(c3[nH]c(C#Cc4ccc(F)cc4)c(CC)c3CC)O[B-](F)(F)O2)N=C1C#Cc1ccc(F)cc1. The Morgan fingerprint density at radius 3 is 1.82 bits per heavy atom. The number of benzene rings is 2. The van der Waals surface area contributed by atoms with E-state index in [4.69, 9.17) is 9.31 Å². The molecule has 3 heterocycles. The van der Waals surface area contributed by atoms with Crippen molar-refractivity contribution in [3.63, 3.8) is 0 Å². The fourth-order valence-electron chi connectivity index (χ4n) is 5.37. The van der Waals surface area contributed by atoms with E-state index in [1.54, 1.807) is 24.3 Å². The van der Waals surface area contributed by atoms with Crippen LogP contribution in [0.15, 0.2) is 82.2 Å². The lowest BCUT2D eigenvalue weighted by Crippen LogP contribution is -2.34. The van der Waals surface area contributed by atoms with E-state index >= 15 is 8.63 Å². The van der Waals surface area contributed by atoms with Crippen LogP contribution in [0, 0.1) is 35.3 Å². The van der Waals surface area contributed by atoms with E-state index in [0.717, 1.165) is 22.3 Å². The number of hydrogen-bond donors (Lipinski definition) is 1. The van der Waals surface area contributed by atoms with Crippen LogP contribution in [0.1, 0.15) is 74.2 Å². The minimum absolute atomic E-state index is 0.0697. The molecule has 0 amide bonds. The van der Waals surface area contributed by atoms with Crippen LogP contribution in [-0.2, 0) is 22.2 Å². The fourth-order valence-corrected chi connectivity index (χ4v) is 5.37. The van der Waals surface area contributed by atoms with Crippen LogP contribution in [0.25, 0.3) is 5.76 Å². The molecule has 0 saturated heterocycles. The maximum atomic E-state index is 15.1. The molecule has 1 aromatic heterocycles. The zero-order valence-electron chi connectivity index (χ0n) is 24.9. The molecule has 44 heavy (non-hydrogen) atoms. The molecule has 2 aromatic carbocycles. The summed E-state index contributed by atoms with van der Waals surface area (Å²) < 4.78 is 67.2. The molecular weight excluding hydrogens is 567 g/mol. The summed E-state index contributed by atoms with van der Waals surface area (Å²) in [6.45, 7) is 7.77. The van der Waals surface area contributed by atoms with Crippen molar-refractivity contribution >= 4 is 18.6 Å². The summed E-state index contributed by atoms with van der Waals surface area (Å²) >= 11 is 0. The number of allylic oxidation sites excluding steroid dienone is 3. The van der Waals surface area contributed by atoms with Crippen LogP contribution < -0.4 is 0 Å². The number of rotatable bonds is 5. The van der Waals surface area contributed by atoms with E-state index in [1.807, 2.05) is 27.7 Å². The van der Waals surface area contributed by atoms with Gasteiger partial charge in [0.15, 0.2) is 0 Å². The van der Waals surface area contributed by atoms with Crippen molar-refractivity contribution in [2.24, 2.45) is 4.99 Å². The molecule has 5 rings (SSSR count). The lowest BCUT2D eigenvalue weighted by Gasteiger charge is -2.35. The second kappa shape index (κ2) is 12.8. The summed E-state index contributed by atoms with van der Waals surface area (Å²) in [5.74, 6) is 11.2. The van der Waals surface area contributed by atoms with E-state index in [1.165, 1.54) is 30.3 Å². The first-order valence-electron chi connectivity index (χ1n) is 14.6.